The summed E-state index contributed by atoms with van der Waals surface area (Å²) in [6.07, 6.45) is 1.74. The first kappa shape index (κ1) is 12.1. The third kappa shape index (κ3) is 3.08. The van der Waals surface area contributed by atoms with Crippen molar-refractivity contribution in [2.75, 3.05) is 0 Å². The van der Waals surface area contributed by atoms with E-state index in [-0.39, 0.29) is 0 Å². The summed E-state index contributed by atoms with van der Waals surface area (Å²) in [5, 5.41) is 7.88. The quantitative estimate of drug-likeness (QED) is 0.903. The zero-order chi connectivity index (χ0) is 12.3. The first-order valence-electron chi connectivity index (χ1n) is 5.59. The Kier molecular flexibility index (Phi) is 3.82. The second-order valence-corrected chi connectivity index (χ2v) is 4.66. The molecule has 2 aromatic rings. The third-order valence-corrected chi connectivity index (χ3v) is 2.67. The highest BCUT2D eigenvalue weighted by molar-refractivity contribution is 6.30. The minimum absolute atomic E-state index is 0.428. The molecule has 90 valence electrons. The fourth-order valence-electron chi connectivity index (χ4n) is 1.57. The van der Waals surface area contributed by atoms with Gasteiger partial charge in [-0.05, 0) is 12.1 Å². The molecule has 1 heterocycles. The molecule has 0 aliphatic rings. The molecule has 3 nitrogen and oxygen atoms in total. The molecule has 2 rings (SSSR count). The Morgan fingerprint density at radius 2 is 2.24 bits per heavy atom. The van der Waals surface area contributed by atoms with Crippen LogP contribution in [-0.2, 0) is 6.54 Å². The lowest BCUT2D eigenvalue weighted by molar-refractivity contribution is 0.431. The SMILES string of the molecule is CC(C)NCc1cnoc1-c1cccc(Cl)c1. The van der Waals surface area contributed by atoms with Crippen LogP contribution in [0.4, 0.5) is 0 Å². The van der Waals surface area contributed by atoms with Crippen molar-refractivity contribution in [2.24, 2.45) is 0 Å². The molecule has 0 radical (unpaired) electrons. The molecule has 0 atom stereocenters. The molecule has 0 spiro atoms. The van der Waals surface area contributed by atoms with Crippen molar-refractivity contribution in [3.63, 3.8) is 0 Å². The Morgan fingerprint density at radius 1 is 1.41 bits per heavy atom. The summed E-state index contributed by atoms with van der Waals surface area (Å²) >= 11 is 5.96. The highest BCUT2D eigenvalue weighted by Gasteiger charge is 2.11. The van der Waals surface area contributed by atoms with Crippen LogP contribution in [0.15, 0.2) is 35.0 Å². The Labute approximate surface area is 106 Å². The number of benzene rings is 1. The van der Waals surface area contributed by atoms with Crippen LogP contribution in [0.3, 0.4) is 0 Å². The molecule has 0 saturated carbocycles. The number of rotatable bonds is 4. The number of hydrogen-bond acceptors (Lipinski definition) is 3. The van der Waals surface area contributed by atoms with E-state index in [9.17, 15) is 0 Å². The summed E-state index contributed by atoms with van der Waals surface area (Å²) in [5.41, 5.74) is 2.00. The Balaban J connectivity index is 2.24. The van der Waals surface area contributed by atoms with E-state index >= 15 is 0 Å². The van der Waals surface area contributed by atoms with E-state index in [0.29, 0.717) is 11.1 Å². The van der Waals surface area contributed by atoms with Gasteiger partial charge in [-0.1, -0.05) is 42.7 Å². The van der Waals surface area contributed by atoms with Crippen LogP contribution in [0.1, 0.15) is 19.4 Å². The van der Waals surface area contributed by atoms with Crippen LogP contribution in [0, 0.1) is 0 Å². The number of aromatic nitrogens is 1. The van der Waals surface area contributed by atoms with Gasteiger partial charge in [0, 0.05) is 28.7 Å². The van der Waals surface area contributed by atoms with E-state index in [4.69, 9.17) is 16.1 Å². The van der Waals surface area contributed by atoms with E-state index in [1.165, 1.54) is 0 Å². The molecule has 0 fully saturated rings. The number of halogens is 1. The highest BCUT2D eigenvalue weighted by atomic mass is 35.5. The van der Waals surface area contributed by atoms with Gasteiger partial charge in [0.1, 0.15) is 0 Å². The van der Waals surface area contributed by atoms with Gasteiger partial charge in [0.2, 0.25) is 0 Å². The van der Waals surface area contributed by atoms with Crippen molar-refractivity contribution < 1.29 is 4.52 Å². The summed E-state index contributed by atoms with van der Waals surface area (Å²) in [7, 11) is 0. The lowest BCUT2D eigenvalue weighted by atomic mass is 10.1. The van der Waals surface area contributed by atoms with Gasteiger partial charge in [0.15, 0.2) is 5.76 Å². The lowest BCUT2D eigenvalue weighted by Gasteiger charge is -2.07. The fraction of sp³-hybridized carbons (Fsp3) is 0.308. The van der Waals surface area contributed by atoms with Crippen molar-refractivity contribution in [1.82, 2.24) is 10.5 Å². The standard InChI is InChI=1S/C13H15ClN2O/c1-9(2)15-7-11-8-16-17-13(11)10-4-3-5-12(14)6-10/h3-6,8-9,15H,7H2,1-2H3. The van der Waals surface area contributed by atoms with E-state index in [2.05, 4.69) is 24.3 Å². The number of nitrogens with one attached hydrogen (secondary N) is 1. The van der Waals surface area contributed by atoms with Crippen molar-refractivity contribution >= 4 is 11.6 Å². The van der Waals surface area contributed by atoms with Gasteiger partial charge >= 0.3 is 0 Å². The van der Waals surface area contributed by atoms with Crippen molar-refractivity contribution in [3.05, 3.63) is 41.0 Å². The molecule has 1 N–H and O–H groups in total. The summed E-state index contributed by atoms with van der Waals surface area (Å²) in [5.74, 6) is 0.778. The van der Waals surface area contributed by atoms with E-state index in [0.717, 1.165) is 23.4 Å². The third-order valence-electron chi connectivity index (χ3n) is 2.43. The molecule has 0 unspecified atom stereocenters. The van der Waals surface area contributed by atoms with Gasteiger partial charge in [0.05, 0.1) is 6.20 Å². The van der Waals surface area contributed by atoms with Crippen molar-refractivity contribution in [3.8, 4) is 11.3 Å². The minimum atomic E-state index is 0.428. The van der Waals surface area contributed by atoms with E-state index < -0.39 is 0 Å². The van der Waals surface area contributed by atoms with Crippen LogP contribution >= 0.6 is 11.6 Å². The van der Waals surface area contributed by atoms with Crippen LogP contribution in [-0.4, -0.2) is 11.2 Å². The minimum Gasteiger partial charge on any atom is -0.356 e. The van der Waals surface area contributed by atoms with Gasteiger partial charge in [-0.25, -0.2) is 0 Å². The van der Waals surface area contributed by atoms with Gasteiger partial charge in [-0.15, -0.1) is 0 Å². The lowest BCUT2D eigenvalue weighted by Crippen LogP contribution is -2.21. The van der Waals surface area contributed by atoms with Gasteiger partial charge < -0.3 is 9.84 Å². The first-order chi connectivity index (χ1) is 8.16. The molecule has 0 bridgehead atoms. The van der Waals surface area contributed by atoms with Crippen molar-refractivity contribution in [1.29, 1.82) is 0 Å². The molecule has 4 heteroatoms. The number of nitrogens with zero attached hydrogens (tertiary/aromatic N) is 1. The zero-order valence-corrected chi connectivity index (χ0v) is 10.7. The summed E-state index contributed by atoms with van der Waals surface area (Å²) in [6, 6.07) is 8.01. The first-order valence-corrected chi connectivity index (χ1v) is 5.97. The summed E-state index contributed by atoms with van der Waals surface area (Å²) < 4.78 is 5.29. The maximum Gasteiger partial charge on any atom is 0.171 e. The monoisotopic (exact) mass is 250 g/mol. The van der Waals surface area contributed by atoms with Crippen LogP contribution in [0.5, 0.6) is 0 Å². The van der Waals surface area contributed by atoms with E-state index in [1.54, 1.807) is 6.20 Å². The molecular formula is C13H15ClN2O. The Morgan fingerprint density at radius 3 is 2.94 bits per heavy atom. The van der Waals surface area contributed by atoms with Crippen molar-refractivity contribution in [2.45, 2.75) is 26.4 Å². The summed E-state index contributed by atoms with van der Waals surface area (Å²) in [6.45, 7) is 4.95. The molecule has 0 aliphatic heterocycles. The largest absolute Gasteiger partial charge is 0.356 e. The second-order valence-electron chi connectivity index (χ2n) is 4.23. The normalized spacial score (nSPS) is 11.1. The average molecular weight is 251 g/mol. The van der Waals surface area contributed by atoms with Crippen LogP contribution in [0.25, 0.3) is 11.3 Å². The molecule has 1 aromatic carbocycles. The van der Waals surface area contributed by atoms with Crippen LogP contribution in [0.2, 0.25) is 5.02 Å². The highest BCUT2D eigenvalue weighted by Crippen LogP contribution is 2.25. The zero-order valence-electron chi connectivity index (χ0n) is 9.90. The van der Waals surface area contributed by atoms with Gasteiger partial charge in [0.25, 0.3) is 0 Å². The van der Waals surface area contributed by atoms with E-state index in [1.807, 2.05) is 24.3 Å². The molecule has 0 aliphatic carbocycles. The predicted molar refractivity (Wildman–Crippen MR) is 68.9 cm³/mol. The molecular weight excluding hydrogens is 236 g/mol. The molecule has 0 amide bonds. The molecule has 1 aromatic heterocycles. The average Bonchev–Trinajstić information content (AvgIpc) is 2.74. The fourth-order valence-corrected chi connectivity index (χ4v) is 1.76. The van der Waals surface area contributed by atoms with Gasteiger partial charge in [-0.3, -0.25) is 0 Å². The summed E-state index contributed by atoms with van der Waals surface area (Å²) in [4.78, 5) is 0. The second kappa shape index (κ2) is 5.34. The maximum absolute atomic E-state index is 5.96. The molecule has 17 heavy (non-hydrogen) atoms. The Hall–Kier alpha value is -1.32. The topological polar surface area (TPSA) is 38.1 Å². The van der Waals surface area contributed by atoms with Gasteiger partial charge in [-0.2, -0.15) is 0 Å². The predicted octanol–water partition coefficient (Wildman–Crippen LogP) is 3.49. The van der Waals surface area contributed by atoms with Crippen LogP contribution < -0.4 is 5.32 Å². The maximum atomic E-state index is 5.96. The molecule has 0 saturated heterocycles. The Bertz CT molecular complexity index is 494. The number of hydrogen-bond donors (Lipinski definition) is 1. The smallest absolute Gasteiger partial charge is 0.171 e.